The van der Waals surface area contributed by atoms with Crippen molar-refractivity contribution in [2.45, 2.75) is 13.0 Å². The summed E-state index contributed by atoms with van der Waals surface area (Å²) in [5, 5.41) is 0. The minimum absolute atomic E-state index is 0.0443. The lowest BCUT2D eigenvalue weighted by atomic mass is 10.3. The molecule has 0 spiro atoms. The smallest absolute Gasteiger partial charge is 0.164 e. The molecule has 0 aliphatic heterocycles. The summed E-state index contributed by atoms with van der Waals surface area (Å²) in [5.74, 6) is 4.27. The molecule has 0 amide bonds. The van der Waals surface area contributed by atoms with Gasteiger partial charge in [-0.3, -0.25) is 0 Å². The van der Waals surface area contributed by atoms with Gasteiger partial charge in [-0.05, 0) is 19.1 Å². The molecule has 2 N–H and O–H groups in total. The number of methoxy groups -OCH3 is 1. The molecule has 0 unspecified atom stereocenters. The van der Waals surface area contributed by atoms with Crippen LogP contribution in [0.3, 0.4) is 0 Å². The number of benzene rings is 1. The fraction of sp³-hybridized carbons (Fsp3) is 0.385. The fourth-order valence-corrected chi connectivity index (χ4v) is 1.24. The second kappa shape index (κ2) is 6.66. The van der Waals surface area contributed by atoms with Gasteiger partial charge in [0.1, 0.15) is 18.5 Å². The van der Waals surface area contributed by atoms with Crippen LogP contribution >= 0.6 is 0 Å². The molecule has 0 saturated heterocycles. The Morgan fingerprint density at radius 2 is 2.18 bits per heavy atom. The first-order valence-electron chi connectivity index (χ1n) is 5.32. The van der Waals surface area contributed by atoms with Gasteiger partial charge in [0.15, 0.2) is 11.5 Å². The Bertz CT molecular complexity index is 398. The van der Waals surface area contributed by atoms with E-state index in [4.69, 9.17) is 26.4 Å². The first-order chi connectivity index (χ1) is 8.21. The Morgan fingerprint density at radius 1 is 1.41 bits per heavy atom. The maximum atomic E-state index is 5.56. The van der Waals surface area contributed by atoms with Gasteiger partial charge in [-0.1, -0.05) is 5.92 Å². The van der Waals surface area contributed by atoms with Crippen LogP contribution in [0.2, 0.25) is 0 Å². The molecule has 0 radical (unpaired) electrons. The van der Waals surface area contributed by atoms with Crippen molar-refractivity contribution in [3.63, 3.8) is 0 Å². The molecule has 4 nitrogen and oxygen atoms in total. The highest BCUT2D eigenvalue weighted by atomic mass is 16.5. The van der Waals surface area contributed by atoms with Crippen LogP contribution in [0.15, 0.2) is 18.2 Å². The zero-order valence-corrected chi connectivity index (χ0v) is 10.1. The highest BCUT2D eigenvalue weighted by molar-refractivity contribution is 5.45. The van der Waals surface area contributed by atoms with E-state index >= 15 is 0 Å². The van der Waals surface area contributed by atoms with E-state index in [0.717, 1.165) is 0 Å². The van der Waals surface area contributed by atoms with Crippen LogP contribution in [0.25, 0.3) is 0 Å². The van der Waals surface area contributed by atoms with Crippen molar-refractivity contribution in [1.29, 1.82) is 0 Å². The van der Waals surface area contributed by atoms with Crippen LogP contribution in [0.5, 0.6) is 17.2 Å². The van der Waals surface area contributed by atoms with Gasteiger partial charge in [0.2, 0.25) is 0 Å². The van der Waals surface area contributed by atoms with Crippen LogP contribution in [0.1, 0.15) is 6.92 Å². The number of rotatable bonds is 6. The molecular formula is C13H17NO3. The number of terminal acetylenes is 1. The number of ether oxygens (including phenoxy) is 3. The third-order valence-corrected chi connectivity index (χ3v) is 2.12. The maximum absolute atomic E-state index is 5.56. The van der Waals surface area contributed by atoms with Crippen molar-refractivity contribution >= 4 is 0 Å². The summed E-state index contributed by atoms with van der Waals surface area (Å²) in [7, 11) is 1.56. The molecule has 1 rings (SSSR count). The molecule has 0 aromatic heterocycles. The van der Waals surface area contributed by atoms with Crippen molar-refractivity contribution < 1.29 is 14.2 Å². The summed E-state index contributed by atoms with van der Waals surface area (Å²) in [4.78, 5) is 0. The summed E-state index contributed by atoms with van der Waals surface area (Å²) >= 11 is 0. The Labute approximate surface area is 102 Å². The van der Waals surface area contributed by atoms with Crippen LogP contribution < -0.4 is 19.9 Å². The molecule has 0 fully saturated rings. The van der Waals surface area contributed by atoms with E-state index in [0.29, 0.717) is 23.8 Å². The van der Waals surface area contributed by atoms with Gasteiger partial charge in [-0.2, -0.15) is 0 Å². The lowest BCUT2D eigenvalue weighted by Crippen LogP contribution is -2.22. The molecule has 1 aromatic rings. The summed E-state index contributed by atoms with van der Waals surface area (Å²) in [6.07, 6.45) is 5.08. The Kier molecular flexibility index (Phi) is 5.18. The van der Waals surface area contributed by atoms with E-state index in [1.54, 1.807) is 25.3 Å². The van der Waals surface area contributed by atoms with Crippen LogP contribution in [-0.4, -0.2) is 26.4 Å². The molecular weight excluding hydrogens is 218 g/mol. The van der Waals surface area contributed by atoms with Crippen LogP contribution in [0, 0.1) is 12.3 Å². The van der Waals surface area contributed by atoms with Crippen molar-refractivity contribution in [3.05, 3.63) is 18.2 Å². The van der Waals surface area contributed by atoms with E-state index in [1.165, 1.54) is 0 Å². The molecule has 4 heteroatoms. The maximum Gasteiger partial charge on any atom is 0.164 e. The average Bonchev–Trinajstić information content (AvgIpc) is 2.36. The van der Waals surface area contributed by atoms with Crippen molar-refractivity contribution in [1.82, 2.24) is 0 Å². The highest BCUT2D eigenvalue weighted by Crippen LogP contribution is 2.31. The Hall–Kier alpha value is -1.86. The Morgan fingerprint density at radius 3 is 2.76 bits per heavy atom. The molecule has 17 heavy (non-hydrogen) atoms. The molecule has 0 bridgehead atoms. The summed E-state index contributed by atoms with van der Waals surface area (Å²) in [6, 6.07) is 5.30. The molecule has 0 aliphatic rings. The van der Waals surface area contributed by atoms with Crippen molar-refractivity contribution in [2.24, 2.45) is 5.73 Å². The first-order valence-corrected chi connectivity index (χ1v) is 5.32. The van der Waals surface area contributed by atoms with E-state index < -0.39 is 0 Å². The van der Waals surface area contributed by atoms with Crippen molar-refractivity contribution in [3.8, 4) is 29.6 Å². The molecule has 1 aromatic carbocycles. The quantitative estimate of drug-likeness (QED) is 0.758. The summed E-state index contributed by atoms with van der Waals surface area (Å²) in [5.41, 5.74) is 5.48. The predicted octanol–water partition coefficient (Wildman–Crippen LogP) is 1.43. The van der Waals surface area contributed by atoms with Gasteiger partial charge in [0, 0.05) is 12.6 Å². The van der Waals surface area contributed by atoms with E-state index in [2.05, 4.69) is 5.92 Å². The molecule has 1 atom stereocenters. The normalized spacial score (nSPS) is 11.4. The number of hydrogen-bond acceptors (Lipinski definition) is 4. The minimum atomic E-state index is -0.0443. The highest BCUT2D eigenvalue weighted by Gasteiger charge is 2.08. The van der Waals surface area contributed by atoms with Crippen molar-refractivity contribution in [2.75, 3.05) is 20.3 Å². The predicted molar refractivity (Wildman–Crippen MR) is 66.5 cm³/mol. The monoisotopic (exact) mass is 235 g/mol. The van der Waals surface area contributed by atoms with Crippen LogP contribution in [0.4, 0.5) is 0 Å². The van der Waals surface area contributed by atoms with Gasteiger partial charge >= 0.3 is 0 Å². The third kappa shape index (κ3) is 3.89. The largest absolute Gasteiger partial charge is 0.493 e. The van der Waals surface area contributed by atoms with Gasteiger partial charge in [0.05, 0.1) is 7.11 Å². The number of nitrogens with two attached hydrogens (primary N) is 1. The molecule has 0 heterocycles. The van der Waals surface area contributed by atoms with Gasteiger partial charge in [-0.15, -0.1) is 6.42 Å². The van der Waals surface area contributed by atoms with Gasteiger partial charge in [-0.25, -0.2) is 0 Å². The number of hydrogen-bond donors (Lipinski definition) is 1. The van der Waals surface area contributed by atoms with Gasteiger partial charge < -0.3 is 19.9 Å². The molecule has 0 aliphatic carbocycles. The van der Waals surface area contributed by atoms with Crippen LogP contribution in [-0.2, 0) is 0 Å². The first kappa shape index (κ1) is 13.2. The molecule has 0 saturated carbocycles. The second-order valence-corrected chi connectivity index (χ2v) is 3.47. The average molecular weight is 235 g/mol. The van der Waals surface area contributed by atoms with E-state index in [-0.39, 0.29) is 12.7 Å². The summed E-state index contributed by atoms with van der Waals surface area (Å²) < 4.78 is 16.1. The lowest BCUT2D eigenvalue weighted by Gasteiger charge is -2.15. The van der Waals surface area contributed by atoms with E-state index in [9.17, 15) is 0 Å². The SMILES string of the molecule is C#CCOc1ccc(O[C@@H](C)CN)cc1OC. The summed E-state index contributed by atoms with van der Waals surface area (Å²) in [6.45, 7) is 2.56. The zero-order chi connectivity index (χ0) is 12.7. The fourth-order valence-electron chi connectivity index (χ4n) is 1.24. The third-order valence-electron chi connectivity index (χ3n) is 2.12. The second-order valence-electron chi connectivity index (χ2n) is 3.47. The Balaban J connectivity index is 2.81. The molecule has 92 valence electrons. The van der Waals surface area contributed by atoms with Gasteiger partial charge in [0.25, 0.3) is 0 Å². The lowest BCUT2D eigenvalue weighted by molar-refractivity contribution is 0.228. The zero-order valence-electron chi connectivity index (χ0n) is 10.1. The minimum Gasteiger partial charge on any atom is -0.493 e. The van der Waals surface area contributed by atoms with E-state index in [1.807, 2.05) is 6.92 Å². The standard InChI is InChI=1S/C13H17NO3/c1-4-7-16-12-6-5-11(8-13(12)15-3)17-10(2)9-14/h1,5-6,8,10H,7,9,14H2,2-3H3/t10-/m0/s1. The topological polar surface area (TPSA) is 53.7 Å².